The molecule has 0 aliphatic carbocycles. The first-order valence-electron chi connectivity index (χ1n) is 4.70. The monoisotopic (exact) mass is 171 g/mol. The summed E-state index contributed by atoms with van der Waals surface area (Å²) in [5.41, 5.74) is 5.94. The van der Waals surface area contributed by atoms with E-state index in [2.05, 4.69) is 6.92 Å². The Kier molecular flexibility index (Phi) is 2.10. The van der Waals surface area contributed by atoms with Gasteiger partial charge in [-0.3, -0.25) is 0 Å². The van der Waals surface area contributed by atoms with Gasteiger partial charge in [0.05, 0.1) is 24.9 Å². The molecule has 0 aromatic heterocycles. The molecule has 0 aromatic rings. The largest absolute Gasteiger partial charge is 0.380 e. The fraction of sp³-hybridized carbons (Fsp3) is 1.00. The molecule has 0 unspecified atom stereocenters. The highest BCUT2D eigenvalue weighted by Gasteiger charge is 2.45. The Labute approximate surface area is 73.2 Å². The Morgan fingerprint density at radius 3 is 2.83 bits per heavy atom. The summed E-state index contributed by atoms with van der Waals surface area (Å²) in [5.74, 6) is 0.661. The second-order valence-corrected chi connectivity index (χ2v) is 4.12. The van der Waals surface area contributed by atoms with Crippen LogP contribution in [0.25, 0.3) is 0 Å². The van der Waals surface area contributed by atoms with Gasteiger partial charge in [-0.15, -0.1) is 0 Å². The van der Waals surface area contributed by atoms with Crippen molar-refractivity contribution in [3.63, 3.8) is 0 Å². The summed E-state index contributed by atoms with van der Waals surface area (Å²) in [5, 5.41) is 0. The van der Waals surface area contributed by atoms with Crippen molar-refractivity contribution in [1.82, 2.24) is 0 Å². The van der Waals surface area contributed by atoms with Crippen molar-refractivity contribution in [2.75, 3.05) is 19.8 Å². The normalized spacial score (nSPS) is 48.5. The Morgan fingerprint density at radius 1 is 1.42 bits per heavy atom. The van der Waals surface area contributed by atoms with Crippen molar-refractivity contribution in [3.05, 3.63) is 0 Å². The SMILES string of the molecule is C[C@@H]1CO[C@@]2(CCOC[C@H]2N)C1. The summed E-state index contributed by atoms with van der Waals surface area (Å²) in [6.45, 7) is 4.55. The van der Waals surface area contributed by atoms with Gasteiger partial charge in [0.1, 0.15) is 0 Å². The zero-order valence-corrected chi connectivity index (χ0v) is 7.58. The lowest BCUT2D eigenvalue weighted by atomic mass is 9.84. The van der Waals surface area contributed by atoms with Crippen molar-refractivity contribution in [2.45, 2.75) is 31.4 Å². The molecule has 0 saturated carbocycles. The zero-order chi connectivity index (χ0) is 8.60. The van der Waals surface area contributed by atoms with Crippen LogP contribution >= 0.6 is 0 Å². The third-order valence-electron chi connectivity index (χ3n) is 2.99. The zero-order valence-electron chi connectivity index (χ0n) is 7.58. The summed E-state index contributed by atoms with van der Waals surface area (Å²) < 4.78 is 11.1. The van der Waals surface area contributed by atoms with E-state index in [4.69, 9.17) is 15.2 Å². The average molecular weight is 171 g/mol. The van der Waals surface area contributed by atoms with E-state index in [0.29, 0.717) is 12.5 Å². The van der Waals surface area contributed by atoms with Gasteiger partial charge in [0.25, 0.3) is 0 Å². The highest BCUT2D eigenvalue weighted by atomic mass is 16.5. The van der Waals surface area contributed by atoms with Crippen LogP contribution < -0.4 is 5.73 Å². The van der Waals surface area contributed by atoms with E-state index >= 15 is 0 Å². The summed E-state index contributed by atoms with van der Waals surface area (Å²) in [6.07, 6.45) is 2.08. The Hall–Kier alpha value is -0.120. The molecule has 2 saturated heterocycles. The minimum absolute atomic E-state index is 0.0440. The molecule has 3 atom stereocenters. The van der Waals surface area contributed by atoms with Gasteiger partial charge in [0.15, 0.2) is 0 Å². The molecule has 70 valence electrons. The van der Waals surface area contributed by atoms with Gasteiger partial charge in [0.2, 0.25) is 0 Å². The molecule has 2 aliphatic rings. The molecule has 0 aromatic carbocycles. The van der Waals surface area contributed by atoms with Crippen LogP contribution in [-0.4, -0.2) is 31.5 Å². The number of nitrogens with two attached hydrogens (primary N) is 1. The number of hydrogen-bond donors (Lipinski definition) is 1. The highest BCUT2D eigenvalue weighted by molar-refractivity contribution is 4.98. The second kappa shape index (κ2) is 2.98. The maximum Gasteiger partial charge on any atom is 0.0880 e. The Bertz CT molecular complexity index is 170. The van der Waals surface area contributed by atoms with Crippen LogP contribution in [0.15, 0.2) is 0 Å². The Morgan fingerprint density at radius 2 is 2.25 bits per heavy atom. The molecule has 3 heteroatoms. The van der Waals surface area contributed by atoms with Crippen molar-refractivity contribution in [2.24, 2.45) is 11.7 Å². The predicted octanol–water partition coefficient (Wildman–Crippen LogP) is 0.529. The lowest BCUT2D eigenvalue weighted by Crippen LogP contribution is -2.54. The minimum Gasteiger partial charge on any atom is -0.380 e. The molecular weight excluding hydrogens is 154 g/mol. The van der Waals surface area contributed by atoms with E-state index in [-0.39, 0.29) is 11.6 Å². The van der Waals surface area contributed by atoms with Gasteiger partial charge in [-0.05, 0) is 12.3 Å². The van der Waals surface area contributed by atoms with E-state index < -0.39 is 0 Å². The third kappa shape index (κ3) is 1.26. The van der Waals surface area contributed by atoms with Crippen LogP contribution in [0.4, 0.5) is 0 Å². The molecule has 12 heavy (non-hydrogen) atoms. The molecule has 3 nitrogen and oxygen atoms in total. The minimum atomic E-state index is -0.0440. The van der Waals surface area contributed by atoms with E-state index in [1.807, 2.05) is 0 Å². The van der Waals surface area contributed by atoms with Gasteiger partial charge in [-0.25, -0.2) is 0 Å². The van der Waals surface area contributed by atoms with E-state index in [0.717, 1.165) is 26.1 Å². The molecule has 0 bridgehead atoms. The third-order valence-corrected chi connectivity index (χ3v) is 2.99. The first kappa shape index (κ1) is 8.48. The van der Waals surface area contributed by atoms with E-state index in [9.17, 15) is 0 Å². The molecule has 1 spiro atoms. The van der Waals surface area contributed by atoms with E-state index in [1.165, 1.54) is 0 Å². The first-order chi connectivity index (χ1) is 5.73. The quantitative estimate of drug-likeness (QED) is 0.578. The van der Waals surface area contributed by atoms with Gasteiger partial charge in [-0.2, -0.15) is 0 Å². The van der Waals surface area contributed by atoms with Crippen LogP contribution in [0.2, 0.25) is 0 Å². The van der Waals surface area contributed by atoms with Gasteiger partial charge < -0.3 is 15.2 Å². The molecule has 2 rings (SSSR count). The summed E-state index contributed by atoms with van der Waals surface area (Å²) >= 11 is 0. The summed E-state index contributed by atoms with van der Waals surface area (Å²) in [7, 11) is 0. The first-order valence-corrected chi connectivity index (χ1v) is 4.70. The average Bonchev–Trinajstić information content (AvgIpc) is 2.41. The molecule has 2 heterocycles. The smallest absolute Gasteiger partial charge is 0.0880 e. The molecule has 0 amide bonds. The van der Waals surface area contributed by atoms with Gasteiger partial charge in [-0.1, -0.05) is 6.92 Å². The van der Waals surface area contributed by atoms with Crippen LogP contribution in [-0.2, 0) is 9.47 Å². The van der Waals surface area contributed by atoms with Crippen LogP contribution in [0.3, 0.4) is 0 Å². The summed E-state index contributed by atoms with van der Waals surface area (Å²) in [4.78, 5) is 0. The van der Waals surface area contributed by atoms with Crippen molar-refractivity contribution in [3.8, 4) is 0 Å². The van der Waals surface area contributed by atoms with Crippen LogP contribution in [0, 0.1) is 5.92 Å². The van der Waals surface area contributed by atoms with Crippen molar-refractivity contribution >= 4 is 0 Å². The van der Waals surface area contributed by atoms with Crippen molar-refractivity contribution < 1.29 is 9.47 Å². The van der Waals surface area contributed by atoms with Crippen molar-refractivity contribution in [1.29, 1.82) is 0 Å². The maximum absolute atomic E-state index is 5.99. The highest BCUT2D eigenvalue weighted by Crippen LogP contribution is 2.36. The molecule has 0 radical (unpaired) electrons. The molecule has 2 N–H and O–H groups in total. The number of ether oxygens (including phenoxy) is 2. The van der Waals surface area contributed by atoms with Crippen LogP contribution in [0.5, 0.6) is 0 Å². The fourth-order valence-electron chi connectivity index (χ4n) is 2.24. The number of rotatable bonds is 0. The standard InChI is InChI=1S/C9H17NO2/c1-7-4-9(12-5-7)2-3-11-6-8(9)10/h7-8H,2-6,10H2,1H3/t7-,8+,9-/m0/s1. The maximum atomic E-state index is 5.99. The molecular formula is C9H17NO2. The Balaban J connectivity index is 2.07. The van der Waals surface area contributed by atoms with Gasteiger partial charge in [0, 0.05) is 13.0 Å². The molecule has 2 aliphatic heterocycles. The number of hydrogen-bond acceptors (Lipinski definition) is 3. The topological polar surface area (TPSA) is 44.5 Å². The second-order valence-electron chi connectivity index (χ2n) is 4.12. The molecule has 2 fully saturated rings. The predicted molar refractivity (Wildman–Crippen MR) is 45.9 cm³/mol. The lowest BCUT2D eigenvalue weighted by Gasteiger charge is -2.38. The van der Waals surface area contributed by atoms with Gasteiger partial charge >= 0.3 is 0 Å². The van der Waals surface area contributed by atoms with Crippen LogP contribution in [0.1, 0.15) is 19.8 Å². The van der Waals surface area contributed by atoms with E-state index in [1.54, 1.807) is 0 Å². The summed E-state index contributed by atoms with van der Waals surface area (Å²) in [6, 6.07) is 0.0798. The fourth-order valence-corrected chi connectivity index (χ4v) is 2.24. The lowest BCUT2D eigenvalue weighted by molar-refractivity contribution is -0.0928.